The summed E-state index contributed by atoms with van der Waals surface area (Å²) in [6, 6.07) is 0. The number of nitrogens with one attached hydrogen (secondary N) is 3. The standard InChI is InChI=1S/C7H17N3O/c1-8-6-10-5-3-4-7(11)9-2/h8,10H,3-6H2,1-2H3,(H,9,11). The molecule has 4 heteroatoms. The lowest BCUT2D eigenvalue weighted by atomic mass is 10.3. The van der Waals surface area contributed by atoms with Crippen molar-refractivity contribution in [1.82, 2.24) is 16.0 Å². The molecular formula is C7H17N3O. The average molecular weight is 159 g/mol. The summed E-state index contributed by atoms with van der Waals surface area (Å²) in [5.74, 6) is 0.108. The van der Waals surface area contributed by atoms with Crippen molar-refractivity contribution in [3.05, 3.63) is 0 Å². The van der Waals surface area contributed by atoms with Crippen LogP contribution in [0.25, 0.3) is 0 Å². The van der Waals surface area contributed by atoms with Gasteiger partial charge in [-0.1, -0.05) is 0 Å². The van der Waals surface area contributed by atoms with Gasteiger partial charge in [-0.15, -0.1) is 0 Å². The van der Waals surface area contributed by atoms with Gasteiger partial charge < -0.3 is 16.0 Å². The summed E-state index contributed by atoms with van der Waals surface area (Å²) in [5.41, 5.74) is 0. The first-order valence-corrected chi connectivity index (χ1v) is 3.87. The van der Waals surface area contributed by atoms with Crippen LogP contribution in [0.3, 0.4) is 0 Å². The summed E-state index contributed by atoms with van der Waals surface area (Å²) in [5, 5.41) is 8.66. The Labute approximate surface area is 67.7 Å². The van der Waals surface area contributed by atoms with Gasteiger partial charge in [0.15, 0.2) is 0 Å². The third-order valence-corrected chi connectivity index (χ3v) is 1.34. The molecule has 0 rings (SSSR count). The number of carbonyl (C=O) groups is 1. The van der Waals surface area contributed by atoms with E-state index in [0.717, 1.165) is 19.6 Å². The van der Waals surface area contributed by atoms with Crippen LogP contribution in [0.15, 0.2) is 0 Å². The number of hydrogen-bond donors (Lipinski definition) is 3. The summed E-state index contributed by atoms with van der Waals surface area (Å²) in [6.45, 7) is 1.68. The molecule has 0 aliphatic rings. The molecule has 0 radical (unpaired) electrons. The van der Waals surface area contributed by atoms with Crippen LogP contribution in [0.5, 0.6) is 0 Å². The predicted molar refractivity (Wildman–Crippen MR) is 45.2 cm³/mol. The summed E-state index contributed by atoms with van der Waals surface area (Å²) in [6.07, 6.45) is 1.49. The highest BCUT2D eigenvalue weighted by Gasteiger charge is 1.95. The van der Waals surface area contributed by atoms with Crippen molar-refractivity contribution < 1.29 is 4.79 Å². The van der Waals surface area contributed by atoms with E-state index in [4.69, 9.17) is 0 Å². The maximum Gasteiger partial charge on any atom is 0.219 e. The van der Waals surface area contributed by atoms with Crippen LogP contribution in [0.4, 0.5) is 0 Å². The minimum absolute atomic E-state index is 0.108. The van der Waals surface area contributed by atoms with Gasteiger partial charge in [0.1, 0.15) is 0 Å². The molecule has 0 aliphatic carbocycles. The van der Waals surface area contributed by atoms with Crippen molar-refractivity contribution in [2.75, 3.05) is 27.3 Å². The molecule has 0 heterocycles. The SMILES string of the molecule is CNCNCCCC(=O)NC. The Morgan fingerprint density at radius 2 is 2.09 bits per heavy atom. The van der Waals surface area contributed by atoms with Gasteiger partial charge in [-0.05, 0) is 20.0 Å². The normalized spacial score (nSPS) is 9.64. The van der Waals surface area contributed by atoms with Crippen LogP contribution >= 0.6 is 0 Å². The van der Waals surface area contributed by atoms with Gasteiger partial charge in [0, 0.05) is 20.1 Å². The average Bonchev–Trinajstić information content (AvgIpc) is 2.04. The Bertz CT molecular complexity index is 106. The molecule has 0 aromatic carbocycles. The fraction of sp³-hybridized carbons (Fsp3) is 0.857. The van der Waals surface area contributed by atoms with Gasteiger partial charge in [-0.3, -0.25) is 4.79 Å². The second-order valence-corrected chi connectivity index (χ2v) is 2.31. The molecule has 0 fully saturated rings. The Balaban J connectivity index is 2.95. The van der Waals surface area contributed by atoms with E-state index in [1.54, 1.807) is 7.05 Å². The van der Waals surface area contributed by atoms with Crippen LogP contribution in [0, 0.1) is 0 Å². The summed E-state index contributed by atoms with van der Waals surface area (Å²) in [7, 11) is 3.54. The van der Waals surface area contributed by atoms with Gasteiger partial charge in [0.05, 0.1) is 0 Å². The Morgan fingerprint density at radius 3 is 2.64 bits per heavy atom. The molecule has 0 unspecified atom stereocenters. The minimum atomic E-state index is 0.108. The highest BCUT2D eigenvalue weighted by Crippen LogP contribution is 1.84. The minimum Gasteiger partial charge on any atom is -0.359 e. The molecule has 4 nitrogen and oxygen atoms in total. The quantitative estimate of drug-likeness (QED) is 0.354. The van der Waals surface area contributed by atoms with Crippen LogP contribution in [0.2, 0.25) is 0 Å². The molecule has 0 aromatic heterocycles. The Kier molecular flexibility index (Phi) is 7.08. The molecule has 0 atom stereocenters. The molecule has 0 aromatic rings. The van der Waals surface area contributed by atoms with Crippen molar-refractivity contribution in [3.8, 4) is 0 Å². The molecular weight excluding hydrogens is 142 g/mol. The molecule has 0 saturated heterocycles. The third-order valence-electron chi connectivity index (χ3n) is 1.34. The third kappa shape index (κ3) is 7.29. The largest absolute Gasteiger partial charge is 0.359 e. The fourth-order valence-electron chi connectivity index (χ4n) is 0.712. The van der Waals surface area contributed by atoms with E-state index in [2.05, 4.69) is 16.0 Å². The van der Waals surface area contributed by atoms with Crippen molar-refractivity contribution in [2.24, 2.45) is 0 Å². The Hall–Kier alpha value is -0.610. The lowest BCUT2D eigenvalue weighted by Gasteiger charge is -2.02. The van der Waals surface area contributed by atoms with Crippen molar-refractivity contribution in [1.29, 1.82) is 0 Å². The predicted octanol–water partition coefficient (Wildman–Crippen LogP) is -0.721. The molecule has 3 N–H and O–H groups in total. The summed E-state index contributed by atoms with van der Waals surface area (Å²) < 4.78 is 0. The zero-order valence-electron chi connectivity index (χ0n) is 7.24. The fourth-order valence-corrected chi connectivity index (χ4v) is 0.712. The van der Waals surface area contributed by atoms with E-state index in [9.17, 15) is 4.79 Å². The van der Waals surface area contributed by atoms with Gasteiger partial charge in [-0.25, -0.2) is 0 Å². The molecule has 11 heavy (non-hydrogen) atoms. The number of rotatable bonds is 6. The van der Waals surface area contributed by atoms with Gasteiger partial charge >= 0.3 is 0 Å². The number of amides is 1. The molecule has 0 bridgehead atoms. The monoisotopic (exact) mass is 159 g/mol. The highest BCUT2D eigenvalue weighted by atomic mass is 16.1. The van der Waals surface area contributed by atoms with E-state index in [1.807, 2.05) is 7.05 Å². The van der Waals surface area contributed by atoms with E-state index >= 15 is 0 Å². The smallest absolute Gasteiger partial charge is 0.219 e. The number of carbonyl (C=O) groups excluding carboxylic acids is 1. The molecule has 0 spiro atoms. The summed E-state index contributed by atoms with van der Waals surface area (Å²) in [4.78, 5) is 10.7. The molecule has 0 saturated carbocycles. The van der Waals surface area contributed by atoms with Gasteiger partial charge in [0.25, 0.3) is 0 Å². The lowest BCUT2D eigenvalue weighted by Crippen LogP contribution is -2.27. The maximum absolute atomic E-state index is 10.7. The molecule has 66 valence electrons. The molecule has 0 aliphatic heterocycles. The zero-order valence-corrected chi connectivity index (χ0v) is 7.24. The van der Waals surface area contributed by atoms with E-state index in [-0.39, 0.29) is 5.91 Å². The first-order chi connectivity index (χ1) is 5.31. The lowest BCUT2D eigenvalue weighted by molar-refractivity contribution is -0.120. The summed E-state index contributed by atoms with van der Waals surface area (Å²) >= 11 is 0. The Morgan fingerprint density at radius 1 is 1.36 bits per heavy atom. The van der Waals surface area contributed by atoms with Gasteiger partial charge in [0.2, 0.25) is 5.91 Å². The highest BCUT2D eigenvalue weighted by molar-refractivity contribution is 5.75. The zero-order chi connectivity index (χ0) is 8.53. The van der Waals surface area contributed by atoms with Crippen LogP contribution in [-0.2, 0) is 4.79 Å². The topological polar surface area (TPSA) is 53.2 Å². The second kappa shape index (κ2) is 7.50. The first-order valence-electron chi connectivity index (χ1n) is 3.87. The van der Waals surface area contributed by atoms with Crippen LogP contribution in [-0.4, -0.2) is 33.2 Å². The van der Waals surface area contributed by atoms with Crippen LogP contribution < -0.4 is 16.0 Å². The first kappa shape index (κ1) is 10.4. The van der Waals surface area contributed by atoms with Crippen molar-refractivity contribution >= 4 is 5.91 Å². The second-order valence-electron chi connectivity index (χ2n) is 2.31. The van der Waals surface area contributed by atoms with Crippen LogP contribution in [0.1, 0.15) is 12.8 Å². The van der Waals surface area contributed by atoms with Crippen molar-refractivity contribution in [3.63, 3.8) is 0 Å². The number of hydrogen-bond acceptors (Lipinski definition) is 3. The van der Waals surface area contributed by atoms with Crippen molar-refractivity contribution in [2.45, 2.75) is 12.8 Å². The van der Waals surface area contributed by atoms with E-state index < -0.39 is 0 Å². The van der Waals surface area contributed by atoms with E-state index in [1.165, 1.54) is 0 Å². The molecule has 1 amide bonds. The maximum atomic E-state index is 10.7. The van der Waals surface area contributed by atoms with Gasteiger partial charge in [-0.2, -0.15) is 0 Å². The van der Waals surface area contributed by atoms with E-state index in [0.29, 0.717) is 6.42 Å².